The summed E-state index contributed by atoms with van der Waals surface area (Å²) in [5.74, 6) is -1.20. The number of aliphatic hydroxyl groups is 5. The highest BCUT2D eigenvalue weighted by Crippen LogP contribution is 2.47. The summed E-state index contributed by atoms with van der Waals surface area (Å²) >= 11 is 0. The molecule has 2 fully saturated rings. The Balaban J connectivity index is 1.75. The van der Waals surface area contributed by atoms with E-state index in [0.717, 1.165) is 77.0 Å². The average Bonchev–Trinajstić information content (AvgIpc) is 4.01. The first kappa shape index (κ1) is 55.4. The highest BCUT2D eigenvalue weighted by Gasteiger charge is 2.51. The van der Waals surface area contributed by atoms with E-state index in [1.54, 1.807) is 0 Å². The summed E-state index contributed by atoms with van der Waals surface area (Å²) in [6.07, 6.45) is 29.8. The van der Waals surface area contributed by atoms with Crippen LogP contribution in [-0.4, -0.2) is 111 Å². The van der Waals surface area contributed by atoms with Gasteiger partial charge in [-0.1, -0.05) is 119 Å². The molecule has 0 amide bonds. The number of ether oxygens (including phenoxy) is 3. The third kappa shape index (κ3) is 25.5. The Bertz CT molecular complexity index is 1430. The number of epoxide rings is 1. The summed E-state index contributed by atoms with van der Waals surface area (Å²) in [6.45, 7) is 3.07. The smallest absolute Gasteiger partial charge is 0.462 e. The summed E-state index contributed by atoms with van der Waals surface area (Å²) in [7, 11) is -5.14. The Hall–Kier alpha value is -2.75. The number of carbonyl (C=O) groups excluding carboxylic acids is 2. The molecule has 1 heterocycles. The van der Waals surface area contributed by atoms with Gasteiger partial charge in [-0.15, -0.1) is 0 Å². The lowest BCUT2D eigenvalue weighted by Gasteiger charge is -2.41. The topological polar surface area (TPSA) is 222 Å². The number of carbonyl (C=O) groups is 2. The molecule has 1 saturated carbocycles. The molecular weight excluding hydrogens is 819 g/mol. The number of esters is 2. The Kier molecular flexibility index (Phi) is 30.1. The lowest BCUT2D eigenvalue weighted by atomic mass is 9.85. The molecule has 5 unspecified atom stereocenters. The van der Waals surface area contributed by atoms with Gasteiger partial charge < -0.3 is 44.6 Å². The van der Waals surface area contributed by atoms with Crippen LogP contribution in [0.1, 0.15) is 142 Å². The van der Waals surface area contributed by atoms with E-state index >= 15 is 0 Å². The van der Waals surface area contributed by atoms with Crippen LogP contribution < -0.4 is 0 Å². The van der Waals surface area contributed by atoms with Crippen LogP contribution in [0.3, 0.4) is 0 Å². The second-order valence-electron chi connectivity index (χ2n) is 15.9. The molecule has 0 radical (unpaired) electrons. The van der Waals surface area contributed by atoms with Gasteiger partial charge in [-0.05, 0) is 83.5 Å². The van der Waals surface area contributed by atoms with Gasteiger partial charge in [-0.2, -0.15) is 0 Å². The van der Waals surface area contributed by atoms with Gasteiger partial charge in [-0.25, -0.2) is 4.57 Å². The minimum atomic E-state index is -5.14. The summed E-state index contributed by atoms with van der Waals surface area (Å²) in [6, 6.07) is 0. The zero-order chi connectivity index (χ0) is 45.4. The van der Waals surface area contributed by atoms with Crippen LogP contribution in [0.5, 0.6) is 0 Å². The van der Waals surface area contributed by atoms with Gasteiger partial charge in [0.15, 0.2) is 6.10 Å². The number of phosphoric acid groups is 1. The zero-order valence-electron chi connectivity index (χ0n) is 37.1. The fraction of sp³-hybridized carbons (Fsp3) is 0.702. The molecule has 2 rings (SSSR count). The van der Waals surface area contributed by atoms with E-state index in [0.29, 0.717) is 19.3 Å². The van der Waals surface area contributed by atoms with Crippen molar-refractivity contribution in [2.75, 3.05) is 13.2 Å². The number of unbranched alkanes of at least 4 members (excludes halogenated alkanes) is 9. The van der Waals surface area contributed by atoms with Crippen LogP contribution in [0, 0.1) is 0 Å². The first-order valence-electron chi connectivity index (χ1n) is 22.9. The fourth-order valence-electron chi connectivity index (χ4n) is 6.63. The van der Waals surface area contributed by atoms with Crippen molar-refractivity contribution in [1.82, 2.24) is 0 Å². The minimum Gasteiger partial charge on any atom is -0.462 e. The maximum absolute atomic E-state index is 12.8. The molecular formula is C47H77O14P. The summed E-state index contributed by atoms with van der Waals surface area (Å²) in [4.78, 5) is 35.7. The van der Waals surface area contributed by atoms with Crippen molar-refractivity contribution in [2.45, 2.75) is 197 Å². The Morgan fingerprint density at radius 3 is 1.69 bits per heavy atom. The lowest BCUT2D eigenvalue weighted by molar-refractivity contribution is -0.220. The van der Waals surface area contributed by atoms with Crippen LogP contribution in [-0.2, 0) is 37.4 Å². The van der Waals surface area contributed by atoms with Gasteiger partial charge in [0.2, 0.25) is 0 Å². The number of aliphatic hydroxyl groups excluding tert-OH is 5. The van der Waals surface area contributed by atoms with Gasteiger partial charge in [0.1, 0.15) is 43.2 Å². The molecule has 0 spiro atoms. The van der Waals surface area contributed by atoms with Crippen LogP contribution in [0.25, 0.3) is 0 Å². The SMILES string of the molecule is CC/C=C\C/C=C\C/C=C\CCCCCCCC(=O)O[C@H](COC(=O)CCC/C=C\CC1OC1C/C=C\C/C=C\CCCCC)COP(=O)(O)OC1[C@H](O)[C@H](O)C(O)[C@H](O)[C@H]1O. The fourth-order valence-corrected chi connectivity index (χ4v) is 7.60. The number of hydrogen-bond donors (Lipinski definition) is 6. The standard InChI is InChI=1S/C47H77O14P/c1-3-5-7-9-11-13-14-15-16-17-18-20-22-24-30-34-41(49)59-37(36-58-62(55,56)61-47-45(53)43(51)42(50)44(52)46(47)54)35-57-40(48)33-29-26-25-28-32-39-38(60-39)31-27-23-21-19-12-10-8-6-4-2/h5,7,11-13,15-16,19,23,25,27-28,37-39,42-47,50-54H,3-4,6,8-10,14,17-18,20-22,24,26,29-36H2,1-2H3,(H,55,56)/b7-5-,13-11-,16-15-,19-12-,27-23-,28-25-/t37-,38?,39?,42?,43-,44+,45-,46-,47?/m1/s1. The van der Waals surface area contributed by atoms with Crippen molar-refractivity contribution in [2.24, 2.45) is 0 Å². The van der Waals surface area contributed by atoms with Crippen molar-refractivity contribution in [3.63, 3.8) is 0 Å². The average molecular weight is 897 g/mol. The van der Waals surface area contributed by atoms with E-state index in [4.69, 9.17) is 23.3 Å². The number of phosphoric ester groups is 1. The molecule has 14 nitrogen and oxygen atoms in total. The quantitative estimate of drug-likeness (QED) is 0.0118. The van der Waals surface area contributed by atoms with E-state index in [1.165, 1.54) is 19.3 Å². The Labute approximate surface area is 370 Å². The van der Waals surface area contributed by atoms with Gasteiger partial charge in [0, 0.05) is 12.8 Å². The number of rotatable bonds is 35. The molecule has 1 aliphatic heterocycles. The predicted molar refractivity (Wildman–Crippen MR) is 239 cm³/mol. The largest absolute Gasteiger partial charge is 0.472 e. The summed E-state index contributed by atoms with van der Waals surface area (Å²) in [5.41, 5.74) is 0. The van der Waals surface area contributed by atoms with Crippen molar-refractivity contribution in [1.29, 1.82) is 0 Å². The first-order valence-corrected chi connectivity index (χ1v) is 24.4. The number of hydrogen-bond acceptors (Lipinski definition) is 13. The molecule has 0 aromatic carbocycles. The second-order valence-corrected chi connectivity index (χ2v) is 17.3. The summed E-state index contributed by atoms with van der Waals surface area (Å²) in [5, 5.41) is 50.2. The molecule has 1 saturated heterocycles. The molecule has 62 heavy (non-hydrogen) atoms. The Morgan fingerprint density at radius 1 is 0.581 bits per heavy atom. The van der Waals surface area contributed by atoms with E-state index < -0.39 is 75.7 Å². The highest BCUT2D eigenvalue weighted by atomic mass is 31.2. The maximum Gasteiger partial charge on any atom is 0.472 e. The molecule has 354 valence electrons. The monoisotopic (exact) mass is 897 g/mol. The molecule has 15 heteroatoms. The Morgan fingerprint density at radius 2 is 1.06 bits per heavy atom. The highest BCUT2D eigenvalue weighted by molar-refractivity contribution is 7.47. The molecule has 0 aromatic heterocycles. The third-order valence-electron chi connectivity index (χ3n) is 10.4. The normalized spacial score (nSPS) is 25.8. The van der Waals surface area contributed by atoms with E-state index in [-0.39, 0.29) is 25.0 Å². The maximum atomic E-state index is 12.8. The van der Waals surface area contributed by atoms with E-state index in [1.807, 2.05) is 12.2 Å². The van der Waals surface area contributed by atoms with Crippen LogP contribution in [0.4, 0.5) is 0 Å². The molecule has 1 aliphatic carbocycles. The molecule has 0 aromatic rings. The van der Waals surface area contributed by atoms with E-state index in [2.05, 4.69) is 74.6 Å². The van der Waals surface area contributed by atoms with Crippen molar-refractivity contribution >= 4 is 19.8 Å². The van der Waals surface area contributed by atoms with Gasteiger partial charge >= 0.3 is 19.8 Å². The van der Waals surface area contributed by atoms with Crippen molar-refractivity contribution < 1.29 is 67.8 Å². The van der Waals surface area contributed by atoms with Crippen molar-refractivity contribution in [3.8, 4) is 0 Å². The second kappa shape index (κ2) is 33.7. The predicted octanol–water partition coefficient (Wildman–Crippen LogP) is 7.71. The molecule has 0 bridgehead atoms. The molecule has 10 atom stereocenters. The van der Waals surface area contributed by atoms with Crippen LogP contribution >= 0.6 is 7.82 Å². The zero-order valence-corrected chi connectivity index (χ0v) is 38.0. The molecule has 2 aliphatic rings. The molecule has 6 N–H and O–H groups in total. The number of allylic oxidation sites excluding steroid dienone is 10. The van der Waals surface area contributed by atoms with Gasteiger partial charge in [-0.3, -0.25) is 18.6 Å². The first-order chi connectivity index (χ1) is 29.9. The van der Waals surface area contributed by atoms with Crippen LogP contribution in [0.2, 0.25) is 0 Å². The van der Waals surface area contributed by atoms with Crippen molar-refractivity contribution in [3.05, 3.63) is 72.9 Å². The third-order valence-corrected chi connectivity index (χ3v) is 11.4. The lowest BCUT2D eigenvalue weighted by Crippen LogP contribution is -2.64. The van der Waals surface area contributed by atoms with E-state index in [9.17, 15) is 44.6 Å². The summed E-state index contributed by atoms with van der Waals surface area (Å²) < 4.78 is 39.2. The van der Waals surface area contributed by atoms with Crippen LogP contribution in [0.15, 0.2) is 72.9 Å². The van der Waals surface area contributed by atoms with Gasteiger partial charge in [0.05, 0.1) is 18.8 Å². The minimum absolute atomic E-state index is 0.0580. The van der Waals surface area contributed by atoms with Gasteiger partial charge in [0.25, 0.3) is 0 Å².